The van der Waals surface area contributed by atoms with Crippen molar-refractivity contribution in [1.29, 1.82) is 0 Å². The number of ether oxygens (including phenoxy) is 2. The van der Waals surface area contributed by atoms with Crippen LogP contribution in [-0.4, -0.2) is 41.9 Å². The SMILES string of the molecule is CC1(C)Cc2c(c(N3CCOCC3)[nH+]c3sc4c(=O)[nH]cnc4c23)CO1. The zero-order valence-electron chi connectivity index (χ0n) is 14.8. The summed E-state index contributed by atoms with van der Waals surface area (Å²) in [5.74, 6) is 1.09. The van der Waals surface area contributed by atoms with E-state index in [4.69, 9.17) is 9.47 Å². The number of pyridine rings is 1. The fourth-order valence-electron chi connectivity index (χ4n) is 3.92. The average molecular weight is 373 g/mol. The number of fused-ring (bicyclic) bond motifs is 5. The number of nitrogens with zero attached hydrogens (tertiary/aromatic N) is 2. The molecule has 136 valence electrons. The minimum atomic E-state index is -0.237. The predicted octanol–water partition coefficient (Wildman–Crippen LogP) is 1.64. The number of thiophene rings is 1. The van der Waals surface area contributed by atoms with Gasteiger partial charge >= 0.3 is 0 Å². The van der Waals surface area contributed by atoms with Crippen LogP contribution in [0.15, 0.2) is 11.1 Å². The lowest BCUT2D eigenvalue weighted by Crippen LogP contribution is -2.42. The number of rotatable bonds is 1. The Labute approximate surface area is 154 Å². The van der Waals surface area contributed by atoms with Crippen LogP contribution in [-0.2, 0) is 22.5 Å². The Morgan fingerprint density at radius 2 is 2.12 bits per heavy atom. The standard InChI is InChI=1S/C18H20N4O3S/c1-18(2)7-10-11(8-25-18)15(22-3-5-24-6-4-22)21-17-12(10)13-14(26-17)16(23)20-9-19-13/h9H,3-8H2,1-2H3,(H,19,20,23)/p+1. The molecule has 0 unspecified atom stereocenters. The fourth-order valence-corrected chi connectivity index (χ4v) is 4.99. The Morgan fingerprint density at radius 3 is 2.92 bits per heavy atom. The molecular weight excluding hydrogens is 352 g/mol. The van der Waals surface area contributed by atoms with Gasteiger partial charge in [-0.1, -0.05) is 11.3 Å². The molecule has 3 aromatic rings. The van der Waals surface area contributed by atoms with Crippen LogP contribution in [0.2, 0.25) is 0 Å². The smallest absolute Gasteiger partial charge is 0.281 e. The van der Waals surface area contributed by atoms with Gasteiger partial charge < -0.3 is 14.5 Å². The summed E-state index contributed by atoms with van der Waals surface area (Å²) in [6.07, 6.45) is 2.29. The van der Waals surface area contributed by atoms with Crippen molar-refractivity contribution in [2.45, 2.75) is 32.5 Å². The van der Waals surface area contributed by atoms with Gasteiger partial charge in [0.2, 0.25) is 0 Å². The molecule has 0 amide bonds. The number of morpholine rings is 1. The third-order valence-electron chi connectivity index (χ3n) is 5.20. The number of H-pyrrole nitrogens is 2. The Kier molecular flexibility index (Phi) is 3.57. The van der Waals surface area contributed by atoms with Crippen molar-refractivity contribution in [3.8, 4) is 0 Å². The van der Waals surface area contributed by atoms with Crippen LogP contribution in [0.4, 0.5) is 5.82 Å². The number of nitrogens with one attached hydrogen (secondary N) is 2. The van der Waals surface area contributed by atoms with Crippen LogP contribution >= 0.6 is 11.3 Å². The fraction of sp³-hybridized carbons (Fsp3) is 0.500. The minimum absolute atomic E-state index is 0.0856. The third-order valence-corrected chi connectivity index (χ3v) is 6.29. The summed E-state index contributed by atoms with van der Waals surface area (Å²) in [5, 5.41) is 1.07. The van der Waals surface area contributed by atoms with Gasteiger partial charge in [0.25, 0.3) is 11.4 Å². The van der Waals surface area contributed by atoms with Crippen molar-refractivity contribution in [1.82, 2.24) is 9.97 Å². The molecule has 2 aliphatic rings. The van der Waals surface area contributed by atoms with Gasteiger partial charge in [0.15, 0.2) is 4.83 Å². The number of aromatic amines is 2. The summed E-state index contributed by atoms with van der Waals surface area (Å²) in [4.78, 5) is 26.4. The second kappa shape index (κ2) is 5.73. The molecule has 5 heterocycles. The predicted molar refractivity (Wildman–Crippen MR) is 99.9 cm³/mol. The van der Waals surface area contributed by atoms with Gasteiger partial charge in [-0.05, 0) is 19.4 Å². The largest absolute Gasteiger partial charge is 0.373 e. The number of hydrogen-bond donors (Lipinski definition) is 1. The quantitative estimate of drug-likeness (QED) is 0.701. The van der Waals surface area contributed by atoms with E-state index in [-0.39, 0.29) is 11.2 Å². The highest BCUT2D eigenvalue weighted by atomic mass is 32.1. The lowest BCUT2D eigenvalue weighted by Gasteiger charge is -2.33. The van der Waals surface area contributed by atoms with Crippen molar-refractivity contribution in [3.05, 3.63) is 27.8 Å². The molecule has 0 saturated carbocycles. The molecule has 7 nitrogen and oxygen atoms in total. The molecule has 0 bridgehead atoms. The zero-order chi connectivity index (χ0) is 17.9. The molecule has 0 spiro atoms. The maximum Gasteiger partial charge on any atom is 0.281 e. The van der Waals surface area contributed by atoms with Gasteiger partial charge in [0.05, 0.1) is 42.7 Å². The first-order chi connectivity index (χ1) is 12.5. The van der Waals surface area contributed by atoms with E-state index in [1.54, 1.807) is 0 Å². The summed E-state index contributed by atoms with van der Waals surface area (Å²) in [6, 6.07) is 0. The van der Waals surface area contributed by atoms with Crippen molar-refractivity contribution >= 4 is 37.6 Å². The highest BCUT2D eigenvalue weighted by molar-refractivity contribution is 7.25. The molecule has 2 N–H and O–H groups in total. The lowest BCUT2D eigenvalue weighted by molar-refractivity contribution is -0.329. The first-order valence-corrected chi connectivity index (χ1v) is 9.69. The van der Waals surface area contributed by atoms with Crippen molar-refractivity contribution in [2.24, 2.45) is 0 Å². The Morgan fingerprint density at radius 1 is 1.31 bits per heavy atom. The summed E-state index contributed by atoms with van der Waals surface area (Å²) < 4.78 is 12.3. The molecule has 1 saturated heterocycles. The number of anilines is 1. The molecular formula is C18H21N4O3S+. The summed E-state index contributed by atoms with van der Waals surface area (Å²) >= 11 is 1.48. The molecule has 26 heavy (non-hydrogen) atoms. The third kappa shape index (κ3) is 2.44. The molecule has 0 atom stereocenters. The molecule has 0 aliphatic carbocycles. The molecule has 3 aromatic heterocycles. The highest BCUT2D eigenvalue weighted by Crippen LogP contribution is 2.40. The molecule has 0 aromatic carbocycles. The highest BCUT2D eigenvalue weighted by Gasteiger charge is 2.36. The van der Waals surface area contributed by atoms with Crippen molar-refractivity contribution in [2.75, 3.05) is 31.2 Å². The molecule has 5 rings (SSSR count). The van der Waals surface area contributed by atoms with E-state index < -0.39 is 0 Å². The van der Waals surface area contributed by atoms with Gasteiger partial charge in [0, 0.05) is 6.42 Å². The van der Waals surface area contributed by atoms with Crippen LogP contribution in [0.5, 0.6) is 0 Å². The Bertz CT molecular complexity index is 1070. The Balaban J connectivity index is 1.83. The topological polar surface area (TPSA) is 81.6 Å². The minimum Gasteiger partial charge on any atom is -0.373 e. The lowest BCUT2D eigenvalue weighted by atomic mass is 9.90. The monoisotopic (exact) mass is 373 g/mol. The molecule has 2 aliphatic heterocycles. The van der Waals surface area contributed by atoms with E-state index in [1.165, 1.54) is 28.8 Å². The van der Waals surface area contributed by atoms with E-state index in [2.05, 4.69) is 33.7 Å². The van der Waals surface area contributed by atoms with Crippen LogP contribution in [0.25, 0.3) is 20.4 Å². The van der Waals surface area contributed by atoms with E-state index in [9.17, 15) is 4.79 Å². The van der Waals surface area contributed by atoms with Gasteiger partial charge in [0.1, 0.15) is 23.3 Å². The van der Waals surface area contributed by atoms with Gasteiger partial charge in [-0.3, -0.25) is 9.69 Å². The first kappa shape index (κ1) is 16.2. The Hall–Kier alpha value is -2.03. The van der Waals surface area contributed by atoms with Crippen LogP contribution in [0.1, 0.15) is 25.0 Å². The number of aromatic nitrogens is 3. The van der Waals surface area contributed by atoms with Crippen molar-refractivity contribution < 1.29 is 14.5 Å². The van der Waals surface area contributed by atoms with Gasteiger partial charge in [-0.25, -0.2) is 9.97 Å². The second-order valence-electron chi connectivity index (χ2n) is 7.47. The zero-order valence-corrected chi connectivity index (χ0v) is 15.7. The van der Waals surface area contributed by atoms with Crippen LogP contribution in [0.3, 0.4) is 0 Å². The van der Waals surface area contributed by atoms with Crippen LogP contribution < -0.4 is 15.4 Å². The number of hydrogen-bond acceptors (Lipinski definition) is 6. The average Bonchev–Trinajstić information content (AvgIpc) is 3.01. The molecule has 8 heteroatoms. The van der Waals surface area contributed by atoms with Gasteiger partial charge in [-0.15, -0.1) is 0 Å². The van der Waals surface area contributed by atoms with E-state index in [1.807, 2.05) is 0 Å². The van der Waals surface area contributed by atoms with E-state index >= 15 is 0 Å². The summed E-state index contributed by atoms with van der Waals surface area (Å²) in [6.45, 7) is 7.93. The summed E-state index contributed by atoms with van der Waals surface area (Å²) in [7, 11) is 0. The maximum absolute atomic E-state index is 12.3. The normalized spacial score (nSPS) is 19.8. The summed E-state index contributed by atoms with van der Waals surface area (Å²) in [5.41, 5.74) is 2.89. The van der Waals surface area contributed by atoms with E-state index in [0.29, 0.717) is 11.3 Å². The maximum atomic E-state index is 12.3. The molecule has 1 fully saturated rings. The van der Waals surface area contributed by atoms with Crippen molar-refractivity contribution in [3.63, 3.8) is 0 Å². The second-order valence-corrected chi connectivity index (χ2v) is 8.49. The van der Waals surface area contributed by atoms with E-state index in [0.717, 1.165) is 54.3 Å². The van der Waals surface area contributed by atoms with Gasteiger partial charge in [-0.2, -0.15) is 0 Å². The first-order valence-electron chi connectivity index (χ1n) is 8.87. The van der Waals surface area contributed by atoms with Crippen LogP contribution in [0, 0.1) is 0 Å². The molecule has 0 radical (unpaired) electrons.